The summed E-state index contributed by atoms with van der Waals surface area (Å²) >= 11 is 6.55. The standard InChI is InChI=1S/C15H11BrF3NO.C8H7BrO2/c16-12-6-4-10(5-7-12)8-14(21)20-13-3-1-2-11(9-13)15(17,18)19;9-7-3-1-6(2-4-7)5-8(10)11/h1-7,9H,8H2,(H,20,21);1-4H,5H2,(H,10,11). The second-order valence-electron chi connectivity index (χ2n) is 6.63. The van der Waals surface area contributed by atoms with Crippen LogP contribution in [0.15, 0.2) is 81.7 Å². The van der Waals surface area contributed by atoms with Gasteiger partial charge in [0.05, 0.1) is 18.4 Å². The summed E-state index contributed by atoms with van der Waals surface area (Å²) in [5.41, 5.74) is 0.944. The topological polar surface area (TPSA) is 66.4 Å². The maximum Gasteiger partial charge on any atom is 0.416 e. The van der Waals surface area contributed by atoms with Crippen molar-refractivity contribution < 1.29 is 27.9 Å². The van der Waals surface area contributed by atoms with Crippen molar-refractivity contribution in [2.75, 3.05) is 5.32 Å². The van der Waals surface area contributed by atoms with Gasteiger partial charge in [-0.2, -0.15) is 13.2 Å². The number of carbonyl (C=O) groups is 2. The van der Waals surface area contributed by atoms with Crippen molar-refractivity contribution in [2.45, 2.75) is 19.0 Å². The van der Waals surface area contributed by atoms with E-state index in [1.807, 2.05) is 12.1 Å². The van der Waals surface area contributed by atoms with Gasteiger partial charge in [-0.05, 0) is 53.6 Å². The third-order valence-electron chi connectivity index (χ3n) is 4.02. The minimum atomic E-state index is -4.42. The lowest BCUT2D eigenvalue weighted by atomic mass is 10.1. The molecule has 0 unspecified atom stereocenters. The van der Waals surface area contributed by atoms with Gasteiger partial charge in [0.2, 0.25) is 5.91 Å². The number of anilines is 1. The van der Waals surface area contributed by atoms with E-state index in [2.05, 4.69) is 37.2 Å². The molecule has 9 heteroatoms. The fourth-order valence-corrected chi connectivity index (χ4v) is 3.07. The van der Waals surface area contributed by atoms with Gasteiger partial charge >= 0.3 is 12.1 Å². The van der Waals surface area contributed by atoms with Crippen molar-refractivity contribution in [3.63, 3.8) is 0 Å². The highest BCUT2D eigenvalue weighted by Crippen LogP contribution is 2.30. The third kappa shape index (κ3) is 9.23. The summed E-state index contributed by atoms with van der Waals surface area (Å²) in [6, 6.07) is 19.0. The van der Waals surface area contributed by atoms with Crippen LogP contribution in [0.4, 0.5) is 18.9 Å². The van der Waals surface area contributed by atoms with Gasteiger partial charge in [-0.25, -0.2) is 0 Å². The van der Waals surface area contributed by atoms with Crippen LogP contribution in [-0.4, -0.2) is 17.0 Å². The summed E-state index contributed by atoms with van der Waals surface area (Å²) in [5, 5.41) is 10.9. The normalized spacial score (nSPS) is 10.7. The molecule has 0 atom stereocenters. The van der Waals surface area contributed by atoms with E-state index in [9.17, 15) is 22.8 Å². The lowest BCUT2D eigenvalue weighted by Crippen LogP contribution is -2.15. The van der Waals surface area contributed by atoms with E-state index in [1.54, 1.807) is 36.4 Å². The molecule has 0 aromatic heterocycles. The quantitative estimate of drug-likeness (QED) is 0.356. The van der Waals surface area contributed by atoms with Crippen LogP contribution in [0.3, 0.4) is 0 Å². The van der Waals surface area contributed by atoms with Gasteiger partial charge in [0, 0.05) is 14.6 Å². The Balaban J connectivity index is 0.000000278. The van der Waals surface area contributed by atoms with Gasteiger partial charge in [0.25, 0.3) is 0 Å². The number of halogens is 5. The van der Waals surface area contributed by atoms with Crippen molar-refractivity contribution >= 4 is 49.4 Å². The first-order valence-electron chi connectivity index (χ1n) is 9.21. The number of aliphatic carboxylic acids is 1. The molecule has 2 N–H and O–H groups in total. The van der Waals surface area contributed by atoms with Crippen molar-refractivity contribution in [1.82, 2.24) is 0 Å². The average Bonchev–Trinajstić information content (AvgIpc) is 2.71. The highest BCUT2D eigenvalue weighted by Gasteiger charge is 2.30. The van der Waals surface area contributed by atoms with E-state index >= 15 is 0 Å². The van der Waals surface area contributed by atoms with Crippen LogP contribution >= 0.6 is 31.9 Å². The van der Waals surface area contributed by atoms with Gasteiger partial charge in [-0.1, -0.05) is 62.2 Å². The number of hydrogen-bond donors (Lipinski definition) is 2. The number of benzene rings is 3. The molecular formula is C23H18Br2F3NO3. The summed E-state index contributed by atoms with van der Waals surface area (Å²) in [4.78, 5) is 22.1. The number of rotatable bonds is 5. The Bertz CT molecular complexity index is 1050. The number of nitrogens with one attached hydrogen (secondary N) is 1. The predicted octanol–water partition coefficient (Wildman–Crippen LogP) is 6.73. The molecule has 0 fully saturated rings. The number of amides is 1. The van der Waals surface area contributed by atoms with Gasteiger partial charge in [0.15, 0.2) is 0 Å². The number of alkyl halides is 3. The second kappa shape index (κ2) is 11.8. The summed E-state index contributed by atoms with van der Waals surface area (Å²) in [5.74, 6) is -1.16. The molecule has 0 saturated carbocycles. The maximum absolute atomic E-state index is 12.6. The first-order chi connectivity index (χ1) is 15.0. The number of carbonyl (C=O) groups excluding carboxylic acids is 1. The minimum absolute atomic E-state index is 0.0906. The lowest BCUT2D eigenvalue weighted by Gasteiger charge is -2.10. The zero-order chi connectivity index (χ0) is 23.7. The highest BCUT2D eigenvalue weighted by atomic mass is 79.9. The number of carboxylic acid groups (broad SMARTS) is 1. The predicted molar refractivity (Wildman–Crippen MR) is 123 cm³/mol. The van der Waals surface area contributed by atoms with E-state index in [4.69, 9.17) is 5.11 Å². The smallest absolute Gasteiger partial charge is 0.416 e. The molecule has 32 heavy (non-hydrogen) atoms. The van der Waals surface area contributed by atoms with Crippen LogP contribution in [0.25, 0.3) is 0 Å². The maximum atomic E-state index is 12.6. The summed E-state index contributed by atoms with van der Waals surface area (Å²) in [7, 11) is 0. The van der Waals surface area contributed by atoms with E-state index < -0.39 is 17.7 Å². The Morgan fingerprint density at radius 1 is 0.812 bits per heavy atom. The van der Waals surface area contributed by atoms with Crippen LogP contribution in [0.1, 0.15) is 16.7 Å². The molecule has 0 heterocycles. The Labute approximate surface area is 199 Å². The van der Waals surface area contributed by atoms with Crippen LogP contribution in [0.5, 0.6) is 0 Å². The van der Waals surface area contributed by atoms with E-state index in [1.165, 1.54) is 12.1 Å². The van der Waals surface area contributed by atoms with Crippen molar-refractivity contribution in [3.8, 4) is 0 Å². The van der Waals surface area contributed by atoms with Crippen LogP contribution in [-0.2, 0) is 28.6 Å². The van der Waals surface area contributed by atoms with Crippen LogP contribution < -0.4 is 5.32 Å². The number of hydrogen-bond acceptors (Lipinski definition) is 2. The average molecular weight is 573 g/mol. The Morgan fingerprint density at radius 2 is 1.31 bits per heavy atom. The van der Waals surface area contributed by atoms with Crippen molar-refractivity contribution in [3.05, 3.63) is 98.4 Å². The molecule has 1 amide bonds. The molecule has 0 aliphatic rings. The molecule has 168 valence electrons. The van der Waals surface area contributed by atoms with Crippen LogP contribution in [0.2, 0.25) is 0 Å². The molecule has 0 spiro atoms. The van der Waals surface area contributed by atoms with E-state index in [0.29, 0.717) is 0 Å². The molecule has 3 rings (SSSR count). The molecule has 0 aliphatic carbocycles. The van der Waals surface area contributed by atoms with Crippen molar-refractivity contribution in [2.24, 2.45) is 0 Å². The zero-order valence-electron chi connectivity index (χ0n) is 16.5. The molecule has 0 saturated heterocycles. The fraction of sp³-hybridized carbons (Fsp3) is 0.130. The fourth-order valence-electron chi connectivity index (χ4n) is 2.54. The van der Waals surface area contributed by atoms with Gasteiger partial charge in [0.1, 0.15) is 0 Å². The third-order valence-corrected chi connectivity index (χ3v) is 5.08. The molecule has 0 radical (unpaired) electrons. The first-order valence-corrected chi connectivity index (χ1v) is 10.8. The number of carboxylic acids is 1. The summed E-state index contributed by atoms with van der Waals surface area (Å²) < 4.78 is 39.6. The molecule has 3 aromatic rings. The molecule has 0 bridgehead atoms. The van der Waals surface area contributed by atoms with Gasteiger partial charge < -0.3 is 10.4 Å². The Kier molecular flexibility index (Phi) is 9.46. The highest BCUT2D eigenvalue weighted by molar-refractivity contribution is 9.10. The molecule has 3 aromatic carbocycles. The second-order valence-corrected chi connectivity index (χ2v) is 8.46. The molecule has 0 aliphatic heterocycles. The molecular weight excluding hydrogens is 555 g/mol. The van der Waals surface area contributed by atoms with E-state index in [-0.39, 0.29) is 24.4 Å². The SMILES string of the molecule is O=C(Cc1ccc(Br)cc1)Nc1cccc(C(F)(F)F)c1.O=C(O)Cc1ccc(Br)cc1. The Morgan fingerprint density at radius 3 is 1.78 bits per heavy atom. The lowest BCUT2D eigenvalue weighted by molar-refractivity contribution is -0.138. The molecule has 4 nitrogen and oxygen atoms in total. The minimum Gasteiger partial charge on any atom is -0.481 e. The summed E-state index contributed by atoms with van der Waals surface area (Å²) in [6.45, 7) is 0. The van der Waals surface area contributed by atoms with Gasteiger partial charge in [-0.15, -0.1) is 0 Å². The first kappa shape index (κ1) is 25.6. The van der Waals surface area contributed by atoms with Crippen molar-refractivity contribution in [1.29, 1.82) is 0 Å². The van der Waals surface area contributed by atoms with Gasteiger partial charge in [-0.3, -0.25) is 9.59 Å². The van der Waals surface area contributed by atoms with E-state index in [0.717, 1.165) is 32.2 Å². The largest absolute Gasteiger partial charge is 0.481 e. The van der Waals surface area contributed by atoms with Crippen LogP contribution in [0, 0.1) is 0 Å². The summed E-state index contributed by atoms with van der Waals surface area (Å²) in [6.07, 6.45) is -4.23. The Hall–Kier alpha value is -2.65. The monoisotopic (exact) mass is 571 g/mol. The zero-order valence-corrected chi connectivity index (χ0v) is 19.7.